The summed E-state index contributed by atoms with van der Waals surface area (Å²) < 4.78 is 0. The molecule has 0 bridgehead atoms. The average Bonchev–Trinajstić information content (AvgIpc) is 2.94. The van der Waals surface area contributed by atoms with Gasteiger partial charge < -0.3 is 10.2 Å². The summed E-state index contributed by atoms with van der Waals surface area (Å²) in [5, 5.41) is 11.0. The number of aromatic nitrogens is 5. The van der Waals surface area contributed by atoms with Crippen LogP contribution in [0, 0.1) is 0 Å². The Morgan fingerprint density at radius 2 is 2.10 bits per heavy atom. The van der Waals surface area contributed by atoms with Gasteiger partial charge in [0, 0.05) is 30.2 Å². The standard InChI is InChI=1S/C14H17N7/c1-21(2)4-3-16-13-9-15-8-12(19-13)10-5-11-7-18-20-14(11)17-6-10/h5-9H,3-4H2,1-2H3,(H,16,19)(H,17,18,20). The number of hydrogen-bond acceptors (Lipinski definition) is 6. The summed E-state index contributed by atoms with van der Waals surface area (Å²) in [5.74, 6) is 0.765. The third-order valence-corrected chi connectivity index (χ3v) is 3.09. The third-order valence-electron chi connectivity index (χ3n) is 3.09. The van der Waals surface area contributed by atoms with Gasteiger partial charge in [0.2, 0.25) is 0 Å². The van der Waals surface area contributed by atoms with Crippen LogP contribution < -0.4 is 5.32 Å². The lowest BCUT2D eigenvalue weighted by Crippen LogP contribution is -2.21. The van der Waals surface area contributed by atoms with Crippen molar-refractivity contribution in [2.45, 2.75) is 0 Å². The first kappa shape index (κ1) is 13.4. The number of H-pyrrole nitrogens is 1. The molecule has 0 aliphatic rings. The summed E-state index contributed by atoms with van der Waals surface area (Å²) in [4.78, 5) is 15.2. The van der Waals surface area contributed by atoms with Gasteiger partial charge in [-0.25, -0.2) is 9.97 Å². The second-order valence-electron chi connectivity index (χ2n) is 5.05. The van der Waals surface area contributed by atoms with Crippen LogP contribution in [-0.2, 0) is 0 Å². The number of nitrogens with zero attached hydrogens (tertiary/aromatic N) is 5. The Morgan fingerprint density at radius 1 is 1.19 bits per heavy atom. The molecule has 0 unspecified atom stereocenters. The minimum Gasteiger partial charge on any atom is -0.367 e. The van der Waals surface area contributed by atoms with E-state index in [-0.39, 0.29) is 0 Å². The molecule has 0 aliphatic heterocycles. The maximum atomic E-state index is 4.57. The quantitative estimate of drug-likeness (QED) is 0.736. The highest BCUT2D eigenvalue weighted by atomic mass is 15.1. The number of likely N-dealkylation sites (N-methyl/N-ethyl adjacent to an activating group) is 1. The van der Waals surface area contributed by atoms with Gasteiger partial charge in [-0.15, -0.1) is 0 Å². The number of fused-ring (bicyclic) bond motifs is 1. The van der Waals surface area contributed by atoms with E-state index in [1.165, 1.54) is 0 Å². The maximum absolute atomic E-state index is 4.57. The summed E-state index contributed by atoms with van der Waals surface area (Å²) in [6, 6.07) is 2.00. The molecule has 3 rings (SSSR count). The lowest BCUT2D eigenvalue weighted by atomic mass is 10.2. The fraction of sp³-hybridized carbons (Fsp3) is 0.286. The molecule has 7 heteroatoms. The largest absolute Gasteiger partial charge is 0.367 e. The molecule has 0 amide bonds. The van der Waals surface area contributed by atoms with Crippen LogP contribution in [0.5, 0.6) is 0 Å². The molecule has 0 saturated heterocycles. The molecule has 3 heterocycles. The van der Waals surface area contributed by atoms with Crippen LogP contribution in [0.2, 0.25) is 0 Å². The van der Waals surface area contributed by atoms with E-state index in [0.717, 1.165) is 41.2 Å². The van der Waals surface area contributed by atoms with Crippen LogP contribution in [0.4, 0.5) is 5.82 Å². The molecule has 0 aromatic carbocycles. The van der Waals surface area contributed by atoms with Crippen LogP contribution in [0.3, 0.4) is 0 Å². The Hall–Kier alpha value is -2.54. The molecule has 0 saturated carbocycles. The van der Waals surface area contributed by atoms with E-state index in [9.17, 15) is 0 Å². The van der Waals surface area contributed by atoms with Gasteiger partial charge >= 0.3 is 0 Å². The zero-order chi connectivity index (χ0) is 14.7. The van der Waals surface area contributed by atoms with E-state index in [1.54, 1.807) is 24.8 Å². The van der Waals surface area contributed by atoms with Crippen LogP contribution in [0.15, 0.2) is 30.9 Å². The highest BCUT2D eigenvalue weighted by molar-refractivity contribution is 5.79. The van der Waals surface area contributed by atoms with Gasteiger partial charge in [0.1, 0.15) is 5.82 Å². The lowest BCUT2D eigenvalue weighted by Gasteiger charge is -2.11. The first-order valence-corrected chi connectivity index (χ1v) is 6.72. The van der Waals surface area contributed by atoms with Crippen molar-refractivity contribution in [1.29, 1.82) is 0 Å². The molecule has 0 radical (unpaired) electrons. The monoisotopic (exact) mass is 283 g/mol. The molecule has 3 aromatic rings. The fourth-order valence-electron chi connectivity index (χ4n) is 1.97. The van der Waals surface area contributed by atoms with Crippen molar-refractivity contribution in [3.05, 3.63) is 30.9 Å². The molecule has 0 spiro atoms. The zero-order valence-electron chi connectivity index (χ0n) is 12.0. The molecule has 3 aromatic heterocycles. The zero-order valence-corrected chi connectivity index (χ0v) is 12.0. The summed E-state index contributed by atoms with van der Waals surface area (Å²) in [6.07, 6.45) is 6.98. The first-order chi connectivity index (χ1) is 10.2. The van der Waals surface area contributed by atoms with E-state index in [1.807, 2.05) is 20.2 Å². The van der Waals surface area contributed by atoms with Crippen LogP contribution in [-0.4, -0.2) is 57.2 Å². The van der Waals surface area contributed by atoms with Crippen LogP contribution in [0.25, 0.3) is 22.3 Å². The molecule has 2 N–H and O–H groups in total. The van der Waals surface area contributed by atoms with Crippen molar-refractivity contribution < 1.29 is 0 Å². The van der Waals surface area contributed by atoms with Crippen LogP contribution >= 0.6 is 0 Å². The Labute approximate surface area is 122 Å². The lowest BCUT2D eigenvalue weighted by molar-refractivity contribution is 0.425. The van der Waals surface area contributed by atoms with E-state index in [2.05, 4.69) is 35.4 Å². The summed E-state index contributed by atoms with van der Waals surface area (Å²) in [5.41, 5.74) is 2.49. The van der Waals surface area contributed by atoms with Crippen molar-refractivity contribution >= 4 is 16.9 Å². The smallest absolute Gasteiger partial charge is 0.155 e. The predicted octanol–water partition coefficient (Wildman–Crippen LogP) is 1.39. The molecule has 0 atom stereocenters. The number of aromatic amines is 1. The van der Waals surface area contributed by atoms with Gasteiger partial charge in [-0.1, -0.05) is 0 Å². The molecular formula is C14H17N7. The average molecular weight is 283 g/mol. The van der Waals surface area contributed by atoms with E-state index in [0.29, 0.717) is 0 Å². The fourth-order valence-corrected chi connectivity index (χ4v) is 1.97. The molecule has 108 valence electrons. The van der Waals surface area contributed by atoms with E-state index in [4.69, 9.17) is 0 Å². The second kappa shape index (κ2) is 5.84. The highest BCUT2D eigenvalue weighted by Crippen LogP contribution is 2.20. The number of nitrogens with one attached hydrogen (secondary N) is 2. The van der Waals surface area contributed by atoms with Crippen molar-refractivity contribution in [2.75, 3.05) is 32.5 Å². The predicted molar refractivity (Wildman–Crippen MR) is 82.0 cm³/mol. The molecule has 0 fully saturated rings. The van der Waals surface area contributed by atoms with Crippen molar-refractivity contribution in [2.24, 2.45) is 0 Å². The maximum Gasteiger partial charge on any atom is 0.155 e. The minimum atomic E-state index is 0.765. The SMILES string of the molecule is CN(C)CCNc1cncc(-c2cnc3[nH]ncc3c2)n1. The molecule has 0 aliphatic carbocycles. The topological polar surface area (TPSA) is 82.6 Å². The molecule has 21 heavy (non-hydrogen) atoms. The van der Waals surface area contributed by atoms with E-state index >= 15 is 0 Å². The Morgan fingerprint density at radius 3 is 2.95 bits per heavy atom. The number of hydrogen-bond donors (Lipinski definition) is 2. The Bertz CT molecular complexity index is 735. The van der Waals surface area contributed by atoms with Crippen molar-refractivity contribution in [1.82, 2.24) is 30.0 Å². The first-order valence-electron chi connectivity index (χ1n) is 6.72. The molecule has 7 nitrogen and oxygen atoms in total. The number of pyridine rings is 1. The normalized spacial score (nSPS) is 11.2. The van der Waals surface area contributed by atoms with Crippen molar-refractivity contribution in [3.63, 3.8) is 0 Å². The van der Waals surface area contributed by atoms with E-state index < -0.39 is 0 Å². The third kappa shape index (κ3) is 3.14. The van der Waals surface area contributed by atoms with Gasteiger partial charge in [-0.2, -0.15) is 5.10 Å². The highest BCUT2D eigenvalue weighted by Gasteiger charge is 2.05. The van der Waals surface area contributed by atoms with Gasteiger partial charge in [0.15, 0.2) is 5.65 Å². The van der Waals surface area contributed by atoms with Gasteiger partial charge in [-0.05, 0) is 20.2 Å². The summed E-state index contributed by atoms with van der Waals surface area (Å²) in [7, 11) is 4.07. The second-order valence-corrected chi connectivity index (χ2v) is 5.05. The summed E-state index contributed by atoms with van der Waals surface area (Å²) >= 11 is 0. The minimum absolute atomic E-state index is 0.765. The van der Waals surface area contributed by atoms with Gasteiger partial charge in [0.25, 0.3) is 0 Å². The van der Waals surface area contributed by atoms with Crippen LogP contribution in [0.1, 0.15) is 0 Å². The van der Waals surface area contributed by atoms with Gasteiger partial charge in [-0.3, -0.25) is 10.1 Å². The van der Waals surface area contributed by atoms with Gasteiger partial charge in [0.05, 0.1) is 24.3 Å². The Balaban J connectivity index is 1.81. The van der Waals surface area contributed by atoms with Crippen molar-refractivity contribution in [3.8, 4) is 11.3 Å². The number of rotatable bonds is 5. The molecular weight excluding hydrogens is 266 g/mol. The Kier molecular flexibility index (Phi) is 3.74. The number of anilines is 1. The summed E-state index contributed by atoms with van der Waals surface area (Å²) in [6.45, 7) is 1.76.